The van der Waals surface area contributed by atoms with E-state index in [0.29, 0.717) is 0 Å². The van der Waals surface area contributed by atoms with Gasteiger partial charge in [-0.2, -0.15) is 0 Å². The summed E-state index contributed by atoms with van der Waals surface area (Å²) in [6.07, 6.45) is 0. The average Bonchev–Trinajstić information content (AvgIpc) is 4.15. The van der Waals surface area contributed by atoms with Crippen LogP contribution in [0.3, 0.4) is 0 Å². The number of fused-ring (bicyclic) bond motifs is 28. The Kier molecular flexibility index (Phi) is 7.87. The Morgan fingerprint density at radius 3 is 1.01 bits per heavy atom. The number of nitrogens with zero attached hydrogens (tertiary/aromatic N) is 1. The maximum atomic E-state index is 2.63. The molecule has 0 radical (unpaired) electrons. The molecule has 74 heavy (non-hydrogen) atoms. The van der Waals surface area contributed by atoms with Crippen molar-refractivity contribution in [3.05, 3.63) is 305 Å². The SMILES string of the molecule is Cc1ccc(N(c2cc3c(c4ccccc24)-c2ccc4ccccc4c2C32c3ccccc3-c3ccccc32)c2cc3c(c4ccccc24)-c2ccc4ccccc4c2C32c3ccccc3-c3ccccc32)cc1. The van der Waals surface area contributed by atoms with Gasteiger partial charge in [0, 0.05) is 16.5 Å². The topological polar surface area (TPSA) is 3.24 Å². The molecule has 1 nitrogen and oxygen atoms in total. The zero-order valence-corrected chi connectivity index (χ0v) is 40.7. The molecule has 4 aliphatic carbocycles. The molecule has 0 amide bonds. The van der Waals surface area contributed by atoms with Gasteiger partial charge in [-0.3, -0.25) is 0 Å². The van der Waals surface area contributed by atoms with Gasteiger partial charge in [0.15, 0.2) is 0 Å². The van der Waals surface area contributed by atoms with E-state index >= 15 is 0 Å². The highest BCUT2D eigenvalue weighted by atomic mass is 15.1. The lowest BCUT2D eigenvalue weighted by Crippen LogP contribution is -2.27. The normalized spacial score (nSPS) is 14.2. The molecule has 0 saturated heterocycles. The minimum absolute atomic E-state index is 0.583. The molecule has 13 aromatic rings. The third-order valence-corrected chi connectivity index (χ3v) is 17.7. The monoisotopic (exact) mass is 935 g/mol. The van der Waals surface area contributed by atoms with E-state index < -0.39 is 10.8 Å². The van der Waals surface area contributed by atoms with Crippen molar-refractivity contribution >= 4 is 60.2 Å². The molecule has 13 aromatic carbocycles. The highest BCUT2D eigenvalue weighted by Crippen LogP contribution is 2.68. The average molecular weight is 936 g/mol. The number of benzene rings is 13. The molecule has 342 valence electrons. The molecule has 2 spiro atoms. The van der Waals surface area contributed by atoms with Crippen LogP contribution in [0.4, 0.5) is 17.1 Å². The number of aryl methyl sites for hydroxylation is 1. The standard InChI is InChI=1S/C73H45N/c1-44-34-38-47(39-35-44)74(66-42-64-68(56-28-8-6-26-54(56)66)58-40-36-45-18-2-4-20-48(45)70(58)72(64)60-30-14-10-22-50(60)51-23-11-15-31-61(51)72)67-43-65-69(57-29-9-7-27-55(57)67)59-41-37-46-19-3-5-21-49(46)71(59)73(65)62-32-16-12-24-52(62)53-25-13-17-33-63(53)73/h2-43H,1H3. The van der Waals surface area contributed by atoms with Gasteiger partial charge in [-0.1, -0.05) is 236 Å². The van der Waals surface area contributed by atoms with Crippen LogP contribution in [0.2, 0.25) is 0 Å². The van der Waals surface area contributed by atoms with Crippen LogP contribution in [0, 0.1) is 6.92 Å². The fourth-order valence-corrected chi connectivity index (χ4v) is 15.0. The molecule has 17 rings (SSSR count). The van der Waals surface area contributed by atoms with E-state index in [1.807, 2.05) is 0 Å². The summed E-state index contributed by atoms with van der Waals surface area (Å²) in [5.41, 5.74) is 24.7. The van der Waals surface area contributed by atoms with Crippen molar-refractivity contribution in [2.45, 2.75) is 17.8 Å². The first kappa shape index (κ1) is 40.3. The van der Waals surface area contributed by atoms with Crippen molar-refractivity contribution in [1.82, 2.24) is 0 Å². The maximum absolute atomic E-state index is 2.63. The Labute approximate surface area is 429 Å². The smallest absolute Gasteiger partial charge is 0.0732 e. The summed E-state index contributed by atoms with van der Waals surface area (Å²) in [4.78, 5) is 2.63. The van der Waals surface area contributed by atoms with Crippen LogP contribution >= 0.6 is 0 Å². The number of anilines is 3. The second-order valence-electron chi connectivity index (χ2n) is 21.0. The Morgan fingerprint density at radius 2 is 0.608 bits per heavy atom. The summed E-state index contributed by atoms with van der Waals surface area (Å²) in [6.45, 7) is 2.20. The second kappa shape index (κ2) is 14.4. The molecule has 0 atom stereocenters. The quantitative estimate of drug-likeness (QED) is 0.171. The number of hydrogen-bond acceptors (Lipinski definition) is 1. The fourth-order valence-electron chi connectivity index (χ4n) is 15.0. The minimum atomic E-state index is -0.583. The van der Waals surface area contributed by atoms with Crippen LogP contribution in [0.25, 0.3) is 87.6 Å². The Balaban J connectivity index is 1.04. The van der Waals surface area contributed by atoms with Gasteiger partial charge in [0.2, 0.25) is 0 Å². The highest BCUT2D eigenvalue weighted by molar-refractivity contribution is 6.18. The van der Waals surface area contributed by atoms with Gasteiger partial charge in [0.05, 0.1) is 22.2 Å². The number of rotatable bonds is 3. The Bertz CT molecular complexity index is 4260. The molecule has 0 saturated carbocycles. The first-order valence-corrected chi connectivity index (χ1v) is 26.1. The van der Waals surface area contributed by atoms with Crippen molar-refractivity contribution in [2.75, 3.05) is 4.90 Å². The van der Waals surface area contributed by atoms with Crippen LogP contribution in [0.5, 0.6) is 0 Å². The zero-order chi connectivity index (χ0) is 48.4. The van der Waals surface area contributed by atoms with E-state index in [2.05, 4.69) is 267 Å². The van der Waals surface area contributed by atoms with Gasteiger partial charge >= 0.3 is 0 Å². The van der Waals surface area contributed by atoms with Crippen LogP contribution in [-0.2, 0) is 10.8 Å². The molecule has 0 fully saturated rings. The van der Waals surface area contributed by atoms with E-state index in [4.69, 9.17) is 0 Å². The van der Waals surface area contributed by atoms with E-state index in [-0.39, 0.29) is 0 Å². The van der Waals surface area contributed by atoms with Gasteiger partial charge < -0.3 is 4.90 Å². The Morgan fingerprint density at radius 1 is 0.270 bits per heavy atom. The second-order valence-corrected chi connectivity index (χ2v) is 21.0. The van der Waals surface area contributed by atoms with Gasteiger partial charge in [-0.05, 0) is 153 Å². The van der Waals surface area contributed by atoms with E-state index in [9.17, 15) is 0 Å². The minimum Gasteiger partial charge on any atom is -0.309 e. The molecule has 4 aliphatic rings. The van der Waals surface area contributed by atoms with Gasteiger partial charge in [-0.15, -0.1) is 0 Å². The largest absolute Gasteiger partial charge is 0.309 e. The zero-order valence-electron chi connectivity index (χ0n) is 40.7. The molecule has 0 heterocycles. The van der Waals surface area contributed by atoms with Gasteiger partial charge in [-0.25, -0.2) is 0 Å². The van der Waals surface area contributed by atoms with Crippen LogP contribution in [0.1, 0.15) is 50.1 Å². The molecular formula is C73H45N. The van der Waals surface area contributed by atoms with E-state index in [1.54, 1.807) is 0 Å². The lowest BCUT2D eigenvalue weighted by atomic mass is 9.69. The summed E-state index contributed by atoms with van der Waals surface area (Å²) in [5, 5.41) is 10.1. The van der Waals surface area contributed by atoms with Crippen molar-refractivity contribution in [1.29, 1.82) is 0 Å². The van der Waals surface area contributed by atoms with Crippen LogP contribution < -0.4 is 4.90 Å². The summed E-state index contributed by atoms with van der Waals surface area (Å²) in [7, 11) is 0. The molecule has 0 unspecified atom stereocenters. The fraction of sp³-hybridized carbons (Fsp3) is 0.0411. The van der Waals surface area contributed by atoms with Gasteiger partial charge in [0.25, 0.3) is 0 Å². The molecule has 0 aliphatic heterocycles. The highest BCUT2D eigenvalue weighted by Gasteiger charge is 2.55. The van der Waals surface area contributed by atoms with Crippen LogP contribution in [-0.4, -0.2) is 0 Å². The van der Waals surface area contributed by atoms with E-state index in [0.717, 1.165) is 17.1 Å². The van der Waals surface area contributed by atoms with Crippen molar-refractivity contribution < 1.29 is 0 Å². The Hall–Kier alpha value is -9.30. The molecule has 0 aromatic heterocycles. The molecule has 1 heteroatoms. The predicted molar refractivity (Wildman–Crippen MR) is 308 cm³/mol. The molecular weight excluding hydrogens is 891 g/mol. The van der Waals surface area contributed by atoms with Gasteiger partial charge in [0.1, 0.15) is 0 Å². The summed E-state index contributed by atoms with van der Waals surface area (Å²) in [5.74, 6) is 0. The molecule has 0 bridgehead atoms. The molecule has 0 N–H and O–H groups in total. The van der Waals surface area contributed by atoms with E-state index in [1.165, 1.54) is 138 Å². The summed E-state index contributed by atoms with van der Waals surface area (Å²) < 4.78 is 0. The lowest BCUT2D eigenvalue weighted by Gasteiger charge is -2.35. The summed E-state index contributed by atoms with van der Waals surface area (Å²) >= 11 is 0. The first-order chi connectivity index (χ1) is 36.7. The number of hydrogen-bond donors (Lipinski definition) is 0. The summed E-state index contributed by atoms with van der Waals surface area (Å²) in [6, 6.07) is 97.5. The maximum Gasteiger partial charge on any atom is 0.0732 e. The van der Waals surface area contributed by atoms with Crippen molar-refractivity contribution in [3.63, 3.8) is 0 Å². The first-order valence-electron chi connectivity index (χ1n) is 26.1. The third-order valence-electron chi connectivity index (χ3n) is 17.7. The van der Waals surface area contributed by atoms with Crippen LogP contribution in [0.15, 0.2) is 255 Å². The van der Waals surface area contributed by atoms with Crippen molar-refractivity contribution in [3.8, 4) is 44.5 Å². The lowest BCUT2D eigenvalue weighted by molar-refractivity contribution is 0.801. The van der Waals surface area contributed by atoms with Crippen molar-refractivity contribution in [2.24, 2.45) is 0 Å². The third kappa shape index (κ3) is 4.81. The predicted octanol–water partition coefficient (Wildman–Crippen LogP) is 18.8.